The summed E-state index contributed by atoms with van der Waals surface area (Å²) in [5.74, 6) is 1.01. The third-order valence-electron chi connectivity index (χ3n) is 5.16. The minimum Gasteiger partial charge on any atom is -0.385 e. The fraction of sp³-hybridized carbons (Fsp3) is 0.895. The second-order valence-electron chi connectivity index (χ2n) is 6.89. The molecule has 1 saturated carbocycles. The fourth-order valence-corrected chi connectivity index (χ4v) is 3.54. The highest BCUT2D eigenvalue weighted by Gasteiger charge is 2.33. The Balaban J connectivity index is 2.53. The highest BCUT2D eigenvalue weighted by Crippen LogP contribution is 2.41. The Morgan fingerprint density at radius 1 is 1.16 bits per heavy atom. The summed E-state index contributed by atoms with van der Waals surface area (Å²) in [7, 11) is 1.77. The van der Waals surface area contributed by atoms with Gasteiger partial charge in [-0.05, 0) is 45.4 Å². The lowest BCUT2D eigenvalue weighted by atomic mass is 9.83. The predicted molar refractivity (Wildman–Crippen MR) is 104 cm³/mol. The van der Waals surface area contributed by atoms with Crippen LogP contribution < -0.4 is 10.6 Å². The van der Waals surface area contributed by atoms with Gasteiger partial charge in [0.05, 0.1) is 0 Å². The maximum absolute atomic E-state index is 12.1. The van der Waals surface area contributed by atoms with E-state index in [1.165, 1.54) is 25.7 Å². The van der Waals surface area contributed by atoms with E-state index >= 15 is 0 Å². The number of carbonyl (C=O) groups excluding carboxylic acids is 1. The molecule has 25 heavy (non-hydrogen) atoms. The van der Waals surface area contributed by atoms with E-state index < -0.39 is 0 Å². The van der Waals surface area contributed by atoms with Gasteiger partial charge in [-0.3, -0.25) is 9.79 Å². The van der Waals surface area contributed by atoms with Crippen molar-refractivity contribution in [2.45, 2.75) is 59.3 Å². The first-order valence-corrected chi connectivity index (χ1v) is 9.89. The second kappa shape index (κ2) is 12.1. The van der Waals surface area contributed by atoms with Crippen LogP contribution in [0.25, 0.3) is 0 Å². The van der Waals surface area contributed by atoms with E-state index in [4.69, 9.17) is 9.73 Å². The molecule has 6 heteroatoms. The van der Waals surface area contributed by atoms with Crippen LogP contribution in [0.4, 0.5) is 0 Å². The number of hydrogen-bond donors (Lipinski definition) is 2. The van der Waals surface area contributed by atoms with Crippen molar-refractivity contribution < 1.29 is 9.53 Å². The third-order valence-corrected chi connectivity index (χ3v) is 5.16. The zero-order valence-corrected chi connectivity index (χ0v) is 16.7. The molecule has 0 aromatic carbocycles. The average molecular weight is 355 g/mol. The summed E-state index contributed by atoms with van der Waals surface area (Å²) in [4.78, 5) is 18.8. The maximum atomic E-state index is 12.1. The van der Waals surface area contributed by atoms with E-state index in [-0.39, 0.29) is 11.3 Å². The number of carbonyl (C=O) groups is 1. The molecule has 0 radical (unpaired) electrons. The second-order valence-corrected chi connectivity index (χ2v) is 6.89. The maximum Gasteiger partial charge on any atom is 0.224 e. The number of methoxy groups -OCH3 is 1. The van der Waals surface area contributed by atoms with Crippen LogP contribution in [0.15, 0.2) is 4.99 Å². The Kier molecular flexibility index (Phi) is 10.5. The minimum atomic E-state index is 0.195. The molecule has 0 bridgehead atoms. The standard InChI is InChI=1S/C19H38N4O2/c1-5-20-18(21-14-10-17(24)23(6-2)7-3)22-16-19(13-15-25-4)11-8-9-12-19/h5-16H2,1-4H3,(H2,20,21,22). The molecule has 146 valence electrons. The van der Waals surface area contributed by atoms with Crippen molar-refractivity contribution >= 4 is 11.9 Å². The number of guanidine groups is 1. The molecule has 0 saturated heterocycles. The number of nitrogens with one attached hydrogen (secondary N) is 2. The minimum absolute atomic E-state index is 0.195. The summed E-state index contributed by atoms with van der Waals surface area (Å²) < 4.78 is 5.30. The number of aliphatic imine (C=N–C) groups is 1. The molecule has 1 amide bonds. The van der Waals surface area contributed by atoms with E-state index in [1.54, 1.807) is 7.11 Å². The average Bonchev–Trinajstić information content (AvgIpc) is 3.08. The summed E-state index contributed by atoms with van der Waals surface area (Å²) in [6.07, 6.45) is 6.64. The monoisotopic (exact) mass is 354 g/mol. The molecule has 0 heterocycles. The quantitative estimate of drug-likeness (QED) is 0.442. The molecule has 1 rings (SSSR count). The van der Waals surface area contributed by atoms with Crippen LogP contribution in [0.2, 0.25) is 0 Å². The van der Waals surface area contributed by atoms with Crippen LogP contribution in [0.5, 0.6) is 0 Å². The van der Waals surface area contributed by atoms with Crippen molar-refractivity contribution in [1.82, 2.24) is 15.5 Å². The van der Waals surface area contributed by atoms with Gasteiger partial charge < -0.3 is 20.3 Å². The van der Waals surface area contributed by atoms with Crippen molar-refractivity contribution in [2.75, 3.05) is 46.4 Å². The topological polar surface area (TPSA) is 66.0 Å². The molecule has 1 aliphatic carbocycles. The lowest BCUT2D eigenvalue weighted by Gasteiger charge is -2.27. The van der Waals surface area contributed by atoms with Crippen LogP contribution in [0.3, 0.4) is 0 Å². The Morgan fingerprint density at radius 2 is 1.84 bits per heavy atom. The molecule has 0 aliphatic heterocycles. The highest BCUT2D eigenvalue weighted by atomic mass is 16.5. The number of rotatable bonds is 11. The molecule has 0 aromatic heterocycles. The Bertz CT molecular complexity index is 402. The third kappa shape index (κ3) is 7.63. The summed E-state index contributed by atoms with van der Waals surface area (Å²) in [5.41, 5.74) is 0.287. The van der Waals surface area contributed by atoms with Gasteiger partial charge in [-0.25, -0.2) is 0 Å². The van der Waals surface area contributed by atoms with Gasteiger partial charge in [0, 0.05) is 52.9 Å². The van der Waals surface area contributed by atoms with Gasteiger partial charge in [-0.1, -0.05) is 12.8 Å². The first kappa shape index (κ1) is 21.7. The van der Waals surface area contributed by atoms with Crippen LogP contribution >= 0.6 is 0 Å². The first-order valence-electron chi connectivity index (χ1n) is 9.89. The van der Waals surface area contributed by atoms with Crippen molar-refractivity contribution in [1.29, 1.82) is 0 Å². The van der Waals surface area contributed by atoms with Gasteiger partial charge in [0.25, 0.3) is 0 Å². The van der Waals surface area contributed by atoms with Crippen LogP contribution in [0.1, 0.15) is 59.3 Å². The van der Waals surface area contributed by atoms with Gasteiger partial charge in [0.1, 0.15) is 0 Å². The molecular formula is C19H38N4O2. The molecule has 6 nitrogen and oxygen atoms in total. The number of hydrogen-bond acceptors (Lipinski definition) is 3. The Morgan fingerprint density at radius 3 is 2.40 bits per heavy atom. The van der Waals surface area contributed by atoms with E-state index in [2.05, 4.69) is 17.6 Å². The van der Waals surface area contributed by atoms with E-state index in [9.17, 15) is 4.79 Å². The molecule has 0 unspecified atom stereocenters. The van der Waals surface area contributed by atoms with Crippen molar-refractivity contribution in [3.63, 3.8) is 0 Å². The summed E-state index contributed by atoms with van der Waals surface area (Å²) in [6.45, 7) is 10.7. The molecular weight excluding hydrogens is 316 g/mol. The number of amides is 1. The zero-order valence-electron chi connectivity index (χ0n) is 16.7. The largest absolute Gasteiger partial charge is 0.385 e. The molecule has 2 N–H and O–H groups in total. The number of ether oxygens (including phenoxy) is 1. The molecule has 0 spiro atoms. The van der Waals surface area contributed by atoms with Gasteiger partial charge >= 0.3 is 0 Å². The van der Waals surface area contributed by atoms with Crippen molar-refractivity contribution in [2.24, 2.45) is 10.4 Å². The van der Waals surface area contributed by atoms with Crippen molar-refractivity contribution in [3.8, 4) is 0 Å². The van der Waals surface area contributed by atoms with Crippen LogP contribution in [0, 0.1) is 5.41 Å². The lowest BCUT2D eigenvalue weighted by molar-refractivity contribution is -0.130. The molecule has 0 aromatic rings. The van der Waals surface area contributed by atoms with E-state index in [0.29, 0.717) is 13.0 Å². The van der Waals surface area contributed by atoms with Gasteiger partial charge in [0.2, 0.25) is 5.91 Å². The summed E-state index contributed by atoms with van der Waals surface area (Å²) >= 11 is 0. The molecule has 0 atom stereocenters. The Hall–Kier alpha value is -1.30. The lowest BCUT2D eigenvalue weighted by Crippen LogP contribution is -2.40. The van der Waals surface area contributed by atoms with E-state index in [0.717, 1.165) is 45.2 Å². The van der Waals surface area contributed by atoms with Gasteiger partial charge in [0.15, 0.2) is 5.96 Å². The first-order chi connectivity index (χ1) is 12.1. The normalized spacial score (nSPS) is 16.7. The number of nitrogens with zero attached hydrogens (tertiary/aromatic N) is 2. The Labute approximate surface area is 153 Å². The van der Waals surface area contributed by atoms with Gasteiger partial charge in [-0.2, -0.15) is 0 Å². The predicted octanol–water partition coefficient (Wildman–Crippen LogP) is 2.40. The fourth-order valence-electron chi connectivity index (χ4n) is 3.54. The zero-order chi connectivity index (χ0) is 18.5. The SMILES string of the molecule is CCNC(=NCC1(CCOC)CCCC1)NCCC(=O)N(CC)CC. The molecule has 1 aliphatic rings. The van der Waals surface area contributed by atoms with Gasteiger partial charge in [-0.15, -0.1) is 0 Å². The van der Waals surface area contributed by atoms with Crippen LogP contribution in [-0.2, 0) is 9.53 Å². The molecule has 1 fully saturated rings. The van der Waals surface area contributed by atoms with Crippen LogP contribution in [-0.4, -0.2) is 63.2 Å². The highest BCUT2D eigenvalue weighted by molar-refractivity contribution is 5.81. The summed E-state index contributed by atoms with van der Waals surface area (Å²) in [5, 5.41) is 6.61. The summed E-state index contributed by atoms with van der Waals surface area (Å²) in [6, 6.07) is 0. The van der Waals surface area contributed by atoms with E-state index in [1.807, 2.05) is 18.7 Å². The van der Waals surface area contributed by atoms with Crippen molar-refractivity contribution in [3.05, 3.63) is 0 Å². The smallest absolute Gasteiger partial charge is 0.224 e.